The van der Waals surface area contributed by atoms with Gasteiger partial charge >= 0.3 is 12.2 Å². The van der Waals surface area contributed by atoms with E-state index in [0.717, 1.165) is 32.2 Å². The molecule has 4 fully saturated rings. The lowest BCUT2D eigenvalue weighted by molar-refractivity contribution is -0.137. The van der Waals surface area contributed by atoms with Crippen LogP contribution < -0.4 is 9.64 Å². The Balaban J connectivity index is 1.26. The number of alkyl halides is 4. The Bertz CT molecular complexity index is 2250. The molecular formula is C38H44F4N8O4. The first kappa shape index (κ1) is 35.6. The summed E-state index contributed by atoms with van der Waals surface area (Å²) in [6.45, 7) is 6.07. The van der Waals surface area contributed by atoms with Gasteiger partial charge in [0, 0.05) is 55.7 Å². The van der Waals surface area contributed by atoms with Crippen molar-refractivity contribution >= 4 is 38.7 Å². The molecular weight excluding hydrogens is 708 g/mol. The lowest BCUT2D eigenvalue weighted by Gasteiger charge is -2.31. The number of halogens is 4. The highest BCUT2D eigenvalue weighted by Crippen LogP contribution is 2.47. The molecule has 8 heterocycles. The van der Waals surface area contributed by atoms with Crippen molar-refractivity contribution in [3.8, 4) is 17.3 Å². The van der Waals surface area contributed by atoms with Gasteiger partial charge in [-0.2, -0.15) is 28.2 Å². The third kappa shape index (κ3) is 5.87. The monoisotopic (exact) mass is 752 g/mol. The van der Waals surface area contributed by atoms with Crippen molar-refractivity contribution in [1.82, 2.24) is 34.2 Å². The third-order valence-corrected chi connectivity index (χ3v) is 11.7. The second-order valence-corrected chi connectivity index (χ2v) is 15.8. The van der Waals surface area contributed by atoms with Crippen LogP contribution in [0.1, 0.15) is 62.8 Å². The molecule has 4 aliphatic heterocycles. The van der Waals surface area contributed by atoms with Crippen molar-refractivity contribution < 1.29 is 36.9 Å². The van der Waals surface area contributed by atoms with E-state index in [-0.39, 0.29) is 48.8 Å². The van der Waals surface area contributed by atoms with E-state index in [4.69, 9.17) is 24.2 Å². The number of aromatic nitrogens is 6. The highest BCUT2D eigenvalue weighted by molar-refractivity contribution is 6.16. The quantitative estimate of drug-likeness (QED) is 0.204. The molecule has 1 aromatic carbocycles. The van der Waals surface area contributed by atoms with Crippen molar-refractivity contribution in [2.45, 2.75) is 82.1 Å². The molecule has 4 aliphatic rings. The number of rotatable bonds is 6. The lowest BCUT2D eigenvalue weighted by Crippen LogP contribution is -2.44. The molecule has 12 nitrogen and oxygen atoms in total. The lowest BCUT2D eigenvalue weighted by atomic mass is 9.94. The molecule has 4 aromatic heterocycles. The molecule has 0 amide bonds. The molecule has 4 atom stereocenters. The average molecular weight is 753 g/mol. The molecule has 5 aromatic rings. The van der Waals surface area contributed by atoms with Gasteiger partial charge in [0.15, 0.2) is 6.23 Å². The van der Waals surface area contributed by atoms with Gasteiger partial charge in [-0.15, -0.1) is 0 Å². The van der Waals surface area contributed by atoms with Crippen LogP contribution in [0.4, 0.5) is 23.4 Å². The van der Waals surface area contributed by atoms with Crippen LogP contribution in [0.15, 0.2) is 24.5 Å². The van der Waals surface area contributed by atoms with E-state index in [1.165, 1.54) is 25.4 Å². The summed E-state index contributed by atoms with van der Waals surface area (Å²) in [4.78, 5) is 18.6. The predicted octanol–water partition coefficient (Wildman–Crippen LogP) is 6.10. The van der Waals surface area contributed by atoms with E-state index in [1.54, 1.807) is 29.3 Å². The van der Waals surface area contributed by atoms with Gasteiger partial charge in [0.1, 0.15) is 29.8 Å². The zero-order valence-corrected chi connectivity index (χ0v) is 30.6. The zero-order chi connectivity index (χ0) is 37.6. The molecule has 0 bridgehead atoms. The minimum atomic E-state index is -4.71. The molecule has 9 rings (SSSR count). The molecule has 0 spiro atoms. The number of aliphatic hydroxyl groups is 1. The predicted molar refractivity (Wildman–Crippen MR) is 193 cm³/mol. The van der Waals surface area contributed by atoms with E-state index in [2.05, 4.69) is 15.0 Å². The SMILES string of the molecule is Cc1cc2c(cnn2C2CCCCO2)c(-c2nccc3c4c(N5CCOC[C@@](C)(O)C5)nc(OC[C@@]56CCCN5C[C@H](F)C6)nc4n(C)c23)c1C(F)(F)F. The van der Waals surface area contributed by atoms with Crippen LogP contribution in [0.5, 0.6) is 6.01 Å². The number of pyridine rings is 1. The van der Waals surface area contributed by atoms with Crippen LogP contribution in [-0.2, 0) is 22.7 Å². The van der Waals surface area contributed by atoms with Gasteiger partial charge in [0.2, 0.25) is 0 Å². The summed E-state index contributed by atoms with van der Waals surface area (Å²) in [7, 11) is 1.75. The summed E-state index contributed by atoms with van der Waals surface area (Å²) in [5.41, 5.74) is -0.983. The zero-order valence-electron chi connectivity index (χ0n) is 30.6. The number of fused-ring (bicyclic) bond motifs is 5. The van der Waals surface area contributed by atoms with Crippen molar-refractivity contribution in [3.63, 3.8) is 0 Å². The molecule has 288 valence electrons. The van der Waals surface area contributed by atoms with Gasteiger partial charge < -0.3 is 28.8 Å². The molecule has 0 radical (unpaired) electrons. The van der Waals surface area contributed by atoms with Crippen LogP contribution in [-0.4, -0.2) is 109 Å². The fourth-order valence-corrected chi connectivity index (χ4v) is 9.38. The van der Waals surface area contributed by atoms with Crippen molar-refractivity contribution in [1.29, 1.82) is 0 Å². The minimum Gasteiger partial charge on any atom is -0.461 e. The Kier molecular flexibility index (Phi) is 8.56. The fraction of sp³-hybridized carbons (Fsp3) is 0.579. The van der Waals surface area contributed by atoms with Crippen molar-refractivity contribution in [3.05, 3.63) is 35.7 Å². The number of benzene rings is 1. The first-order valence-electron chi connectivity index (χ1n) is 18.8. The molecule has 0 saturated carbocycles. The van der Waals surface area contributed by atoms with Gasteiger partial charge in [-0.05, 0) is 70.2 Å². The topological polar surface area (TPSA) is 116 Å². The van der Waals surface area contributed by atoms with Crippen LogP contribution in [0, 0.1) is 6.92 Å². The smallest absolute Gasteiger partial charge is 0.417 e. The number of anilines is 1. The molecule has 1 unspecified atom stereocenters. The van der Waals surface area contributed by atoms with Gasteiger partial charge in [0.25, 0.3) is 0 Å². The average Bonchev–Trinajstić information content (AvgIpc) is 3.84. The van der Waals surface area contributed by atoms with Gasteiger partial charge in [-0.1, -0.05) is 0 Å². The normalized spacial score (nSPS) is 27.0. The fourth-order valence-electron chi connectivity index (χ4n) is 9.38. The van der Waals surface area contributed by atoms with Crippen molar-refractivity contribution in [2.75, 3.05) is 57.5 Å². The first-order chi connectivity index (χ1) is 25.8. The van der Waals surface area contributed by atoms with Crippen molar-refractivity contribution in [2.24, 2.45) is 7.05 Å². The second kappa shape index (κ2) is 13.0. The summed E-state index contributed by atoms with van der Waals surface area (Å²) in [5, 5.41) is 17.3. The van der Waals surface area contributed by atoms with E-state index in [9.17, 15) is 9.50 Å². The highest BCUT2D eigenvalue weighted by atomic mass is 19.4. The third-order valence-electron chi connectivity index (χ3n) is 11.7. The van der Waals surface area contributed by atoms with Gasteiger partial charge in [-0.3, -0.25) is 9.88 Å². The van der Waals surface area contributed by atoms with E-state index < -0.39 is 29.1 Å². The summed E-state index contributed by atoms with van der Waals surface area (Å²) in [6.07, 6.45) is 1.63. The molecule has 4 saturated heterocycles. The highest BCUT2D eigenvalue weighted by Gasteiger charge is 2.49. The number of β-amino-alcohol motifs (C(OH)–C–C–N with tert-alkyl or cyclic N) is 1. The Morgan fingerprint density at radius 1 is 1.11 bits per heavy atom. The number of aryl methyl sites for hydroxylation is 2. The number of hydrogen-bond acceptors (Lipinski definition) is 10. The Morgan fingerprint density at radius 3 is 2.76 bits per heavy atom. The Hall–Kier alpha value is -4.12. The molecule has 0 aliphatic carbocycles. The van der Waals surface area contributed by atoms with Crippen LogP contribution in [0.25, 0.3) is 44.1 Å². The van der Waals surface area contributed by atoms with E-state index in [1.807, 2.05) is 4.90 Å². The summed E-state index contributed by atoms with van der Waals surface area (Å²) < 4.78 is 81.8. The van der Waals surface area contributed by atoms with Crippen LogP contribution >= 0.6 is 0 Å². The standard InChI is InChI=1S/C38H44F4N8O4/c1-22-15-26-25(17-44-50(26)27-7-4-5-13-53-27)28(30(22)38(40,41)42)31-32-24(8-10-43-31)29-33(47(32)3)45-35(46-34(29)48-12-14-52-20-36(2,51)19-48)54-21-37-9-6-11-49(37)18-23(39)16-37/h8,10,15,17,23,27,51H,4-7,9,11-14,16,18-21H2,1-3H3/t23-,27?,36+,37+/m1/s1. The van der Waals surface area contributed by atoms with E-state index in [0.29, 0.717) is 77.8 Å². The maximum atomic E-state index is 15.2. The van der Waals surface area contributed by atoms with Crippen LogP contribution in [0.3, 0.4) is 0 Å². The Morgan fingerprint density at radius 2 is 1.96 bits per heavy atom. The summed E-state index contributed by atoms with van der Waals surface area (Å²) in [5.74, 6) is 0.451. The summed E-state index contributed by atoms with van der Waals surface area (Å²) in [6, 6.07) is 3.36. The number of hydrogen-bond donors (Lipinski definition) is 1. The molecule has 16 heteroatoms. The van der Waals surface area contributed by atoms with Gasteiger partial charge in [0.05, 0.1) is 59.2 Å². The summed E-state index contributed by atoms with van der Waals surface area (Å²) >= 11 is 0. The number of ether oxygens (including phenoxy) is 3. The van der Waals surface area contributed by atoms with E-state index >= 15 is 13.2 Å². The Labute approximate surface area is 309 Å². The number of nitrogens with zero attached hydrogens (tertiary/aromatic N) is 8. The maximum absolute atomic E-state index is 15.2. The first-order valence-corrected chi connectivity index (χ1v) is 18.8. The second-order valence-electron chi connectivity index (χ2n) is 15.8. The largest absolute Gasteiger partial charge is 0.461 e. The van der Waals surface area contributed by atoms with Gasteiger partial charge in [-0.25, -0.2) is 9.07 Å². The molecule has 54 heavy (non-hydrogen) atoms. The molecule has 1 N–H and O–H groups in total. The van der Waals surface area contributed by atoms with Crippen LogP contribution in [0.2, 0.25) is 0 Å². The minimum absolute atomic E-state index is 0.0471. The maximum Gasteiger partial charge on any atom is 0.417 e.